The molecular weight excluding hydrogens is 140 g/mol. The van der Waals surface area contributed by atoms with Crippen molar-refractivity contribution >= 4 is 0 Å². The fourth-order valence-electron chi connectivity index (χ4n) is 0.935. The van der Waals surface area contributed by atoms with Crippen LogP contribution in [-0.4, -0.2) is 24.9 Å². The van der Waals surface area contributed by atoms with Crippen LogP contribution in [0.5, 0.6) is 0 Å². The highest BCUT2D eigenvalue weighted by molar-refractivity contribution is 4.96. The van der Waals surface area contributed by atoms with Gasteiger partial charge in [0.25, 0.3) is 0 Å². The quantitative estimate of drug-likeness (QED) is 0.616. The Balaban J connectivity index is 3.56. The van der Waals surface area contributed by atoms with Crippen molar-refractivity contribution in [3.8, 4) is 0 Å². The third kappa shape index (κ3) is 4.99. The molecule has 2 heteroatoms. The monoisotopic (exact) mass is 158 g/mol. The molecule has 0 aromatic carbocycles. The van der Waals surface area contributed by atoms with Crippen LogP contribution in [0.1, 0.15) is 20.3 Å². The fourth-order valence-corrected chi connectivity index (χ4v) is 0.935. The van der Waals surface area contributed by atoms with Gasteiger partial charge in [-0.15, -0.1) is 0 Å². The predicted octanol–water partition coefficient (Wildman–Crippen LogP) is 1.60. The summed E-state index contributed by atoms with van der Waals surface area (Å²) in [4.78, 5) is 0. The van der Waals surface area contributed by atoms with E-state index in [0.29, 0.717) is 12.5 Å². The van der Waals surface area contributed by atoms with Gasteiger partial charge in [-0.3, -0.25) is 0 Å². The van der Waals surface area contributed by atoms with Gasteiger partial charge >= 0.3 is 0 Å². The van der Waals surface area contributed by atoms with Gasteiger partial charge in [0, 0.05) is 13.7 Å². The average Bonchev–Trinajstić information content (AvgIpc) is 1.87. The van der Waals surface area contributed by atoms with E-state index in [1.807, 2.05) is 6.92 Å². The number of methoxy groups -OCH3 is 1. The van der Waals surface area contributed by atoms with Gasteiger partial charge in [0.2, 0.25) is 0 Å². The molecule has 2 atom stereocenters. The molecule has 2 unspecified atom stereocenters. The van der Waals surface area contributed by atoms with E-state index in [1.54, 1.807) is 7.11 Å². The van der Waals surface area contributed by atoms with Crippen LogP contribution in [0.2, 0.25) is 0 Å². The molecule has 0 aliphatic rings. The predicted molar refractivity (Wildman–Crippen MR) is 46.5 cm³/mol. The van der Waals surface area contributed by atoms with Gasteiger partial charge in [-0.05, 0) is 19.3 Å². The number of hydrogen-bond donors (Lipinski definition) is 1. The van der Waals surface area contributed by atoms with Crippen molar-refractivity contribution < 1.29 is 9.84 Å². The second-order valence-corrected chi connectivity index (χ2v) is 3.16. The summed E-state index contributed by atoms with van der Waals surface area (Å²) in [5.74, 6) is 0.395. The highest BCUT2D eigenvalue weighted by atomic mass is 16.5. The van der Waals surface area contributed by atoms with Crippen LogP contribution < -0.4 is 0 Å². The van der Waals surface area contributed by atoms with E-state index in [1.165, 1.54) is 0 Å². The summed E-state index contributed by atoms with van der Waals surface area (Å²) in [6.45, 7) is 8.26. The summed E-state index contributed by atoms with van der Waals surface area (Å²) in [5.41, 5.74) is 0.827. The van der Waals surface area contributed by atoms with E-state index >= 15 is 0 Å². The van der Waals surface area contributed by atoms with Crippen molar-refractivity contribution in [3.63, 3.8) is 0 Å². The molecule has 0 spiro atoms. The molecule has 0 aromatic rings. The van der Waals surface area contributed by atoms with Gasteiger partial charge in [-0.25, -0.2) is 0 Å². The number of rotatable bonds is 5. The van der Waals surface area contributed by atoms with E-state index in [-0.39, 0.29) is 6.10 Å². The molecule has 0 aliphatic heterocycles. The van der Waals surface area contributed by atoms with Crippen molar-refractivity contribution in [2.45, 2.75) is 26.4 Å². The molecule has 0 saturated carbocycles. The molecule has 0 aliphatic carbocycles. The smallest absolute Gasteiger partial charge is 0.0748 e. The van der Waals surface area contributed by atoms with Gasteiger partial charge in [0.1, 0.15) is 0 Å². The third-order valence-corrected chi connectivity index (χ3v) is 1.65. The van der Waals surface area contributed by atoms with Crippen molar-refractivity contribution in [2.24, 2.45) is 5.92 Å². The molecule has 0 bridgehead atoms. The number of ether oxygens (including phenoxy) is 1. The van der Waals surface area contributed by atoms with Gasteiger partial charge in [-0.1, -0.05) is 19.1 Å². The Morgan fingerprint density at radius 2 is 2.18 bits per heavy atom. The second-order valence-electron chi connectivity index (χ2n) is 3.16. The maximum Gasteiger partial charge on any atom is 0.0748 e. The molecule has 0 amide bonds. The first-order valence-electron chi connectivity index (χ1n) is 3.90. The molecule has 0 fully saturated rings. The summed E-state index contributed by atoms with van der Waals surface area (Å²) in [5, 5.41) is 9.37. The molecule has 0 saturated heterocycles. The Morgan fingerprint density at radius 3 is 2.55 bits per heavy atom. The Hall–Kier alpha value is -0.340. The molecule has 1 N–H and O–H groups in total. The van der Waals surface area contributed by atoms with Gasteiger partial charge in [0.05, 0.1) is 6.10 Å². The minimum Gasteiger partial charge on any atom is -0.389 e. The molecule has 66 valence electrons. The number of aliphatic hydroxyl groups is 1. The van der Waals surface area contributed by atoms with Crippen molar-refractivity contribution in [1.29, 1.82) is 0 Å². The maximum atomic E-state index is 9.37. The maximum absolute atomic E-state index is 9.37. The number of aliphatic hydroxyl groups excluding tert-OH is 1. The van der Waals surface area contributed by atoms with Gasteiger partial charge < -0.3 is 9.84 Å². The van der Waals surface area contributed by atoms with Crippen LogP contribution in [0, 0.1) is 5.92 Å². The Labute approximate surface area is 68.9 Å². The first-order chi connectivity index (χ1) is 5.07. The molecular formula is C9H18O2. The molecule has 11 heavy (non-hydrogen) atoms. The van der Waals surface area contributed by atoms with Crippen LogP contribution in [0.25, 0.3) is 0 Å². The highest BCUT2D eigenvalue weighted by Gasteiger charge is 2.09. The Morgan fingerprint density at radius 1 is 1.64 bits per heavy atom. The zero-order chi connectivity index (χ0) is 8.85. The summed E-state index contributed by atoms with van der Waals surface area (Å²) in [6, 6.07) is 0. The van der Waals surface area contributed by atoms with Crippen LogP contribution >= 0.6 is 0 Å². The van der Waals surface area contributed by atoms with E-state index in [4.69, 9.17) is 4.74 Å². The summed E-state index contributed by atoms with van der Waals surface area (Å²) in [6.07, 6.45) is 0.364. The Kier molecular flexibility index (Phi) is 5.16. The van der Waals surface area contributed by atoms with Crippen molar-refractivity contribution in [1.82, 2.24) is 0 Å². The minimum absolute atomic E-state index is 0.375. The SMILES string of the molecule is C=C(C)C(O)CC(C)COC. The van der Waals surface area contributed by atoms with Crippen LogP contribution in [0.15, 0.2) is 12.2 Å². The zero-order valence-corrected chi connectivity index (χ0v) is 7.63. The van der Waals surface area contributed by atoms with Crippen LogP contribution in [0.4, 0.5) is 0 Å². The Bertz CT molecular complexity index is 121. The highest BCUT2D eigenvalue weighted by Crippen LogP contribution is 2.11. The van der Waals surface area contributed by atoms with E-state index in [0.717, 1.165) is 12.0 Å². The number of hydrogen-bond acceptors (Lipinski definition) is 2. The van der Waals surface area contributed by atoms with Gasteiger partial charge in [0.15, 0.2) is 0 Å². The average molecular weight is 158 g/mol. The normalized spacial score (nSPS) is 16.0. The molecule has 0 rings (SSSR count). The van der Waals surface area contributed by atoms with Crippen LogP contribution in [-0.2, 0) is 4.74 Å². The first kappa shape index (κ1) is 10.7. The first-order valence-corrected chi connectivity index (χ1v) is 3.90. The lowest BCUT2D eigenvalue weighted by molar-refractivity contribution is 0.118. The fraction of sp³-hybridized carbons (Fsp3) is 0.778. The summed E-state index contributed by atoms with van der Waals surface area (Å²) in [7, 11) is 1.67. The second kappa shape index (κ2) is 5.33. The third-order valence-electron chi connectivity index (χ3n) is 1.65. The van der Waals surface area contributed by atoms with Crippen molar-refractivity contribution in [2.75, 3.05) is 13.7 Å². The lowest BCUT2D eigenvalue weighted by Gasteiger charge is -2.15. The molecule has 2 nitrogen and oxygen atoms in total. The van der Waals surface area contributed by atoms with E-state index < -0.39 is 0 Å². The summed E-state index contributed by atoms with van der Waals surface area (Å²) >= 11 is 0. The molecule has 0 aromatic heterocycles. The van der Waals surface area contributed by atoms with Crippen LogP contribution in [0.3, 0.4) is 0 Å². The van der Waals surface area contributed by atoms with E-state index in [2.05, 4.69) is 13.5 Å². The molecule has 0 heterocycles. The zero-order valence-electron chi connectivity index (χ0n) is 7.63. The summed E-state index contributed by atoms with van der Waals surface area (Å²) < 4.78 is 4.94. The lowest BCUT2D eigenvalue weighted by atomic mass is 10.0. The lowest BCUT2D eigenvalue weighted by Crippen LogP contribution is -2.15. The van der Waals surface area contributed by atoms with Gasteiger partial charge in [-0.2, -0.15) is 0 Å². The van der Waals surface area contributed by atoms with Crippen molar-refractivity contribution in [3.05, 3.63) is 12.2 Å². The van der Waals surface area contributed by atoms with E-state index in [9.17, 15) is 5.11 Å². The topological polar surface area (TPSA) is 29.5 Å². The standard InChI is InChI=1S/C9H18O2/c1-7(2)9(10)5-8(3)6-11-4/h8-10H,1,5-6H2,2-4H3. The molecule has 0 radical (unpaired) electrons. The largest absolute Gasteiger partial charge is 0.389 e. The minimum atomic E-state index is -0.375.